The highest BCUT2D eigenvalue weighted by atomic mass is 16.5. The molecule has 0 amide bonds. The van der Waals surface area contributed by atoms with Gasteiger partial charge in [0.25, 0.3) is 0 Å². The molecule has 3 nitrogen and oxygen atoms in total. The van der Waals surface area contributed by atoms with Crippen LogP contribution in [-0.4, -0.2) is 16.6 Å². The highest BCUT2D eigenvalue weighted by molar-refractivity contribution is 5.69. The summed E-state index contributed by atoms with van der Waals surface area (Å²) in [6.07, 6.45) is 17.3. The molecular formula is C24H36N2O. The Kier molecular flexibility index (Phi) is 10.5. The van der Waals surface area contributed by atoms with Crippen molar-refractivity contribution < 1.29 is 4.74 Å². The average molecular weight is 369 g/mol. The van der Waals surface area contributed by atoms with Crippen LogP contribution < -0.4 is 4.74 Å². The molecule has 2 aromatic rings. The van der Waals surface area contributed by atoms with Crippen LogP contribution in [0.2, 0.25) is 0 Å². The third kappa shape index (κ3) is 7.70. The number of aryl methyl sites for hydroxylation is 1. The van der Waals surface area contributed by atoms with Crippen LogP contribution in [0.4, 0.5) is 0 Å². The molecule has 0 fully saturated rings. The fourth-order valence-corrected chi connectivity index (χ4v) is 3.38. The molecular weight excluding hydrogens is 332 g/mol. The van der Waals surface area contributed by atoms with E-state index in [1.54, 1.807) is 6.33 Å². The Morgan fingerprint density at radius 2 is 1.52 bits per heavy atom. The number of nitrogens with zero attached hydrogens (tertiary/aromatic N) is 2. The quantitative estimate of drug-likeness (QED) is 0.336. The normalized spacial score (nSPS) is 10.9. The van der Waals surface area contributed by atoms with Gasteiger partial charge in [-0.05, 0) is 37.0 Å². The van der Waals surface area contributed by atoms with E-state index >= 15 is 0 Å². The first kappa shape index (κ1) is 21.4. The molecule has 0 saturated carbocycles. The van der Waals surface area contributed by atoms with E-state index in [9.17, 15) is 0 Å². The molecule has 1 aromatic heterocycles. The zero-order chi connectivity index (χ0) is 19.2. The molecule has 0 aliphatic carbocycles. The molecule has 0 aliphatic rings. The number of benzene rings is 1. The fraction of sp³-hybridized carbons (Fsp3) is 0.583. The van der Waals surface area contributed by atoms with Crippen LogP contribution in [0.1, 0.15) is 83.6 Å². The van der Waals surface area contributed by atoms with E-state index in [4.69, 9.17) is 4.74 Å². The lowest BCUT2D eigenvalue weighted by Crippen LogP contribution is -2.01. The average Bonchev–Trinajstić information content (AvgIpc) is 2.71. The Morgan fingerprint density at radius 1 is 0.815 bits per heavy atom. The van der Waals surface area contributed by atoms with Crippen molar-refractivity contribution >= 4 is 0 Å². The summed E-state index contributed by atoms with van der Waals surface area (Å²) in [5, 5.41) is 0. The van der Waals surface area contributed by atoms with Crippen LogP contribution in [0.3, 0.4) is 0 Å². The number of unbranched alkanes of at least 4 members (excludes halogenated alkanes) is 8. The second kappa shape index (κ2) is 13.3. The van der Waals surface area contributed by atoms with Gasteiger partial charge in [-0.1, -0.05) is 77.3 Å². The minimum absolute atomic E-state index is 0.776. The van der Waals surface area contributed by atoms with E-state index in [0.29, 0.717) is 0 Å². The van der Waals surface area contributed by atoms with Crippen molar-refractivity contribution in [3.05, 3.63) is 42.4 Å². The van der Waals surface area contributed by atoms with Crippen LogP contribution in [0.5, 0.6) is 5.75 Å². The first-order chi connectivity index (χ1) is 13.4. The van der Waals surface area contributed by atoms with Gasteiger partial charge in [0.1, 0.15) is 12.1 Å². The Hall–Kier alpha value is -1.90. The fourth-order valence-electron chi connectivity index (χ4n) is 3.38. The molecule has 1 heterocycles. The van der Waals surface area contributed by atoms with Crippen molar-refractivity contribution in [1.82, 2.24) is 9.97 Å². The van der Waals surface area contributed by atoms with Crippen molar-refractivity contribution in [3.63, 3.8) is 0 Å². The topological polar surface area (TPSA) is 35.0 Å². The van der Waals surface area contributed by atoms with Crippen LogP contribution >= 0.6 is 0 Å². The maximum Gasteiger partial charge on any atom is 0.128 e. The number of aromatic nitrogens is 2. The number of rotatable bonds is 14. The summed E-state index contributed by atoms with van der Waals surface area (Å²) in [5.74, 6) is 0.943. The van der Waals surface area contributed by atoms with Gasteiger partial charge < -0.3 is 4.74 Å². The van der Waals surface area contributed by atoms with Gasteiger partial charge in [0, 0.05) is 11.8 Å². The van der Waals surface area contributed by atoms with Gasteiger partial charge in [0.2, 0.25) is 0 Å². The van der Waals surface area contributed by atoms with Crippen molar-refractivity contribution in [2.75, 3.05) is 6.61 Å². The van der Waals surface area contributed by atoms with Gasteiger partial charge in [-0.15, -0.1) is 0 Å². The summed E-state index contributed by atoms with van der Waals surface area (Å²) in [5.41, 5.74) is 3.35. The molecule has 27 heavy (non-hydrogen) atoms. The van der Waals surface area contributed by atoms with Crippen molar-refractivity contribution in [3.8, 4) is 17.0 Å². The molecule has 0 unspecified atom stereocenters. The largest absolute Gasteiger partial charge is 0.493 e. The molecule has 0 N–H and O–H groups in total. The highest BCUT2D eigenvalue weighted by Crippen LogP contribution is 2.31. The lowest BCUT2D eigenvalue weighted by atomic mass is 10.0. The number of hydrogen-bond donors (Lipinski definition) is 0. The summed E-state index contributed by atoms with van der Waals surface area (Å²) >= 11 is 0. The lowest BCUT2D eigenvalue weighted by Gasteiger charge is -2.13. The Balaban J connectivity index is 1.98. The van der Waals surface area contributed by atoms with Gasteiger partial charge in [-0.3, -0.25) is 0 Å². The second-order valence-electron chi connectivity index (χ2n) is 7.32. The van der Waals surface area contributed by atoms with Crippen molar-refractivity contribution in [2.45, 2.75) is 84.5 Å². The minimum Gasteiger partial charge on any atom is -0.493 e. The monoisotopic (exact) mass is 368 g/mol. The smallest absolute Gasteiger partial charge is 0.128 e. The summed E-state index contributed by atoms with van der Waals surface area (Å²) in [7, 11) is 0. The molecule has 0 spiro atoms. The highest BCUT2D eigenvalue weighted by Gasteiger charge is 2.12. The van der Waals surface area contributed by atoms with Gasteiger partial charge >= 0.3 is 0 Å². The molecule has 1 aromatic carbocycles. The summed E-state index contributed by atoms with van der Waals surface area (Å²) in [6.45, 7) is 5.28. The van der Waals surface area contributed by atoms with Crippen molar-refractivity contribution in [1.29, 1.82) is 0 Å². The maximum atomic E-state index is 6.12. The molecule has 0 bridgehead atoms. The zero-order valence-corrected chi connectivity index (χ0v) is 17.3. The Morgan fingerprint density at radius 3 is 2.30 bits per heavy atom. The Labute approximate surface area is 165 Å². The van der Waals surface area contributed by atoms with E-state index in [2.05, 4.69) is 42.0 Å². The molecule has 148 valence electrons. The molecule has 0 saturated heterocycles. The Bertz CT molecular complexity index is 642. The van der Waals surface area contributed by atoms with Crippen LogP contribution in [0.25, 0.3) is 11.3 Å². The zero-order valence-electron chi connectivity index (χ0n) is 17.3. The first-order valence-electron chi connectivity index (χ1n) is 10.9. The van der Waals surface area contributed by atoms with Crippen molar-refractivity contribution in [2.24, 2.45) is 0 Å². The lowest BCUT2D eigenvalue weighted by molar-refractivity contribution is 0.305. The molecule has 0 aliphatic heterocycles. The number of ether oxygens (including phenoxy) is 1. The van der Waals surface area contributed by atoms with Crippen LogP contribution in [0.15, 0.2) is 36.8 Å². The third-order valence-corrected chi connectivity index (χ3v) is 4.99. The van der Waals surface area contributed by atoms with Gasteiger partial charge in [0.05, 0.1) is 12.3 Å². The SMILES string of the molecule is CCCCCCCOc1ccccc1-c1ncncc1CCCCCCC. The molecule has 3 heteroatoms. The standard InChI is InChI=1S/C24H36N2O/c1-3-5-7-9-11-15-21-19-25-20-26-24(21)22-16-12-13-17-23(22)27-18-14-10-8-6-4-2/h12-13,16-17,19-20H,3-11,14-15,18H2,1-2H3. The predicted molar refractivity (Wildman–Crippen MR) is 114 cm³/mol. The van der Waals surface area contributed by atoms with E-state index in [-0.39, 0.29) is 0 Å². The van der Waals surface area contributed by atoms with E-state index in [1.807, 2.05) is 12.3 Å². The van der Waals surface area contributed by atoms with Crippen LogP contribution in [0, 0.1) is 0 Å². The summed E-state index contributed by atoms with van der Waals surface area (Å²) in [4.78, 5) is 8.87. The van der Waals surface area contributed by atoms with Crippen LogP contribution in [-0.2, 0) is 6.42 Å². The molecule has 2 rings (SSSR count). The second-order valence-corrected chi connectivity index (χ2v) is 7.32. The molecule has 0 radical (unpaired) electrons. The predicted octanol–water partition coefficient (Wildman–Crippen LogP) is 7.01. The number of para-hydroxylation sites is 1. The summed E-state index contributed by atoms with van der Waals surface area (Å²) in [6, 6.07) is 8.29. The van der Waals surface area contributed by atoms with Gasteiger partial charge in [0.15, 0.2) is 0 Å². The van der Waals surface area contributed by atoms with E-state index < -0.39 is 0 Å². The molecule has 0 atom stereocenters. The van der Waals surface area contributed by atoms with Gasteiger partial charge in [-0.25, -0.2) is 9.97 Å². The van der Waals surface area contributed by atoms with E-state index in [1.165, 1.54) is 63.4 Å². The van der Waals surface area contributed by atoms with Gasteiger partial charge in [-0.2, -0.15) is 0 Å². The summed E-state index contributed by atoms with van der Waals surface area (Å²) < 4.78 is 6.12. The minimum atomic E-state index is 0.776. The maximum absolute atomic E-state index is 6.12. The number of hydrogen-bond acceptors (Lipinski definition) is 3. The third-order valence-electron chi connectivity index (χ3n) is 4.99. The van der Waals surface area contributed by atoms with E-state index in [0.717, 1.165) is 36.5 Å². The first-order valence-corrected chi connectivity index (χ1v) is 10.9.